The highest BCUT2D eigenvalue weighted by Gasteiger charge is 2.35. The molecule has 1 atom stereocenters. The number of rotatable bonds is 2. The smallest absolute Gasteiger partial charge is 0.328 e. The molecule has 1 aliphatic heterocycles. The van der Waals surface area contributed by atoms with Crippen molar-refractivity contribution in [2.75, 3.05) is 18.4 Å². The molecule has 0 bridgehead atoms. The van der Waals surface area contributed by atoms with E-state index in [0.717, 1.165) is 4.90 Å². The summed E-state index contributed by atoms with van der Waals surface area (Å²) in [5.41, 5.74) is 0.430. The Bertz CT molecular complexity index is 610. The molecule has 1 unspecified atom stereocenters. The second-order valence-corrected chi connectivity index (χ2v) is 5.63. The van der Waals surface area contributed by atoms with Crippen molar-refractivity contribution in [3.63, 3.8) is 0 Å². The number of carbonyl (C=O) groups excluding carboxylic acids is 2. The minimum atomic E-state index is -1.18. The normalized spacial score (nSPS) is 18.1. The van der Waals surface area contributed by atoms with Gasteiger partial charge in [0, 0.05) is 16.0 Å². The number of carbonyl (C=O) groups is 3. The summed E-state index contributed by atoms with van der Waals surface area (Å²) in [6.07, 6.45) is 0. The Balaban J connectivity index is 2.17. The Morgan fingerprint density at radius 3 is 2.81 bits per heavy atom. The van der Waals surface area contributed by atoms with Crippen LogP contribution in [0.4, 0.5) is 10.5 Å². The number of nitrogens with zero attached hydrogens (tertiary/aromatic N) is 1. The fourth-order valence-corrected chi connectivity index (χ4v) is 2.64. The Kier molecular flexibility index (Phi) is 4.69. The molecule has 3 amide bonds. The van der Waals surface area contributed by atoms with Crippen molar-refractivity contribution in [2.24, 2.45) is 0 Å². The minimum Gasteiger partial charge on any atom is -0.480 e. The Hall–Kier alpha value is -1.80. The SMILES string of the molecule is O=C1CN(C(=O)Nc2ccc(Cl)cc2Br)C(C(=O)O)CN1. The predicted octanol–water partition coefficient (Wildman–Crippen LogP) is 1.52. The van der Waals surface area contributed by atoms with Crippen LogP contribution in [0, 0.1) is 0 Å². The van der Waals surface area contributed by atoms with Gasteiger partial charge in [-0.05, 0) is 34.1 Å². The number of carboxylic acid groups (broad SMARTS) is 1. The van der Waals surface area contributed by atoms with Gasteiger partial charge in [-0.15, -0.1) is 0 Å². The quantitative estimate of drug-likeness (QED) is 0.729. The molecule has 9 heteroatoms. The van der Waals surface area contributed by atoms with Crippen molar-refractivity contribution in [2.45, 2.75) is 6.04 Å². The lowest BCUT2D eigenvalue weighted by molar-refractivity contribution is -0.144. The molecule has 0 radical (unpaired) electrons. The summed E-state index contributed by atoms with van der Waals surface area (Å²) in [6, 6.07) is 2.98. The van der Waals surface area contributed by atoms with E-state index in [-0.39, 0.29) is 13.1 Å². The molecule has 112 valence electrons. The number of anilines is 1. The van der Waals surface area contributed by atoms with Crippen LogP contribution in [0.5, 0.6) is 0 Å². The van der Waals surface area contributed by atoms with E-state index in [1.807, 2.05) is 0 Å². The standard InChI is InChI=1S/C12H11BrClN3O4/c13-7-3-6(14)1-2-8(7)16-12(21)17-5-10(18)15-4-9(17)11(19)20/h1-3,9H,4-5H2,(H,15,18)(H,16,21)(H,19,20). The maximum atomic E-state index is 12.2. The first-order valence-corrected chi connectivity index (χ1v) is 7.08. The minimum absolute atomic E-state index is 0.122. The molecule has 2 rings (SSSR count). The zero-order valence-electron chi connectivity index (χ0n) is 10.6. The summed E-state index contributed by atoms with van der Waals surface area (Å²) >= 11 is 9.04. The molecular weight excluding hydrogens is 366 g/mol. The van der Waals surface area contributed by atoms with Crippen LogP contribution >= 0.6 is 27.5 Å². The number of piperazine rings is 1. The van der Waals surface area contributed by atoms with Gasteiger partial charge < -0.3 is 15.7 Å². The molecule has 1 aliphatic rings. The third-order valence-corrected chi connectivity index (χ3v) is 3.79. The second-order valence-electron chi connectivity index (χ2n) is 4.34. The molecular formula is C12H11BrClN3O4. The van der Waals surface area contributed by atoms with Gasteiger partial charge in [-0.2, -0.15) is 0 Å². The predicted molar refractivity (Wildman–Crippen MR) is 79.3 cm³/mol. The molecule has 1 aromatic carbocycles. The van der Waals surface area contributed by atoms with Crippen molar-refractivity contribution in [3.8, 4) is 0 Å². The van der Waals surface area contributed by atoms with E-state index in [4.69, 9.17) is 16.7 Å². The van der Waals surface area contributed by atoms with Gasteiger partial charge in [-0.3, -0.25) is 9.69 Å². The number of halogens is 2. The average molecular weight is 377 g/mol. The van der Waals surface area contributed by atoms with E-state index in [1.165, 1.54) is 0 Å². The van der Waals surface area contributed by atoms with Gasteiger partial charge >= 0.3 is 12.0 Å². The van der Waals surface area contributed by atoms with E-state index in [0.29, 0.717) is 15.2 Å². The zero-order valence-corrected chi connectivity index (χ0v) is 12.9. The Labute approximate surface area is 133 Å². The molecule has 0 aliphatic carbocycles. The fraction of sp³-hybridized carbons (Fsp3) is 0.250. The number of nitrogens with one attached hydrogen (secondary N) is 2. The maximum absolute atomic E-state index is 12.2. The Morgan fingerprint density at radius 2 is 2.19 bits per heavy atom. The first kappa shape index (κ1) is 15.6. The number of aliphatic carboxylic acids is 1. The van der Waals surface area contributed by atoms with Crippen molar-refractivity contribution in [3.05, 3.63) is 27.7 Å². The van der Waals surface area contributed by atoms with Crippen LogP contribution in [-0.2, 0) is 9.59 Å². The molecule has 7 nitrogen and oxygen atoms in total. The number of hydrogen-bond acceptors (Lipinski definition) is 3. The van der Waals surface area contributed by atoms with E-state index >= 15 is 0 Å². The third kappa shape index (κ3) is 3.64. The number of benzene rings is 1. The molecule has 0 aromatic heterocycles. The highest BCUT2D eigenvalue weighted by atomic mass is 79.9. The monoisotopic (exact) mass is 375 g/mol. The zero-order chi connectivity index (χ0) is 15.6. The van der Waals surface area contributed by atoms with Gasteiger partial charge in [0.2, 0.25) is 5.91 Å². The Morgan fingerprint density at radius 1 is 1.48 bits per heavy atom. The lowest BCUT2D eigenvalue weighted by Gasteiger charge is -2.32. The molecule has 1 fully saturated rings. The van der Waals surface area contributed by atoms with Gasteiger partial charge in [0.05, 0.1) is 5.69 Å². The van der Waals surface area contributed by atoms with E-state index in [2.05, 4.69) is 26.6 Å². The van der Waals surface area contributed by atoms with Crippen molar-refractivity contribution < 1.29 is 19.5 Å². The molecule has 1 aromatic rings. The summed E-state index contributed by atoms with van der Waals surface area (Å²) in [7, 11) is 0. The number of urea groups is 1. The van der Waals surface area contributed by atoms with Gasteiger partial charge in [0.1, 0.15) is 12.6 Å². The molecule has 0 spiro atoms. The van der Waals surface area contributed by atoms with Crippen LogP contribution in [0.1, 0.15) is 0 Å². The highest BCUT2D eigenvalue weighted by molar-refractivity contribution is 9.10. The first-order valence-electron chi connectivity index (χ1n) is 5.90. The summed E-state index contributed by atoms with van der Waals surface area (Å²) < 4.78 is 0.552. The lowest BCUT2D eigenvalue weighted by Crippen LogP contribution is -2.60. The fourth-order valence-electron chi connectivity index (χ4n) is 1.85. The molecule has 3 N–H and O–H groups in total. The van der Waals surface area contributed by atoms with Crippen LogP contribution in [0.2, 0.25) is 5.02 Å². The average Bonchev–Trinajstić information content (AvgIpc) is 2.41. The van der Waals surface area contributed by atoms with Gasteiger partial charge in [-0.1, -0.05) is 11.6 Å². The molecule has 1 saturated heterocycles. The summed E-state index contributed by atoms with van der Waals surface area (Å²) in [6.45, 7) is -0.433. The first-order chi connectivity index (χ1) is 9.88. The molecule has 21 heavy (non-hydrogen) atoms. The topological polar surface area (TPSA) is 98.7 Å². The largest absolute Gasteiger partial charge is 0.480 e. The van der Waals surface area contributed by atoms with E-state index < -0.39 is 23.9 Å². The number of amides is 3. The van der Waals surface area contributed by atoms with Crippen LogP contribution in [0.15, 0.2) is 22.7 Å². The lowest BCUT2D eigenvalue weighted by atomic mass is 10.2. The third-order valence-electron chi connectivity index (χ3n) is 2.90. The molecule has 1 heterocycles. The summed E-state index contributed by atoms with van der Waals surface area (Å²) in [5.74, 6) is -1.59. The van der Waals surface area contributed by atoms with Crippen LogP contribution in [0.25, 0.3) is 0 Å². The van der Waals surface area contributed by atoms with Gasteiger partial charge in [0.15, 0.2) is 0 Å². The molecule has 0 saturated carbocycles. The van der Waals surface area contributed by atoms with Crippen LogP contribution in [-0.4, -0.2) is 47.0 Å². The second kappa shape index (κ2) is 6.31. The van der Waals surface area contributed by atoms with Crippen LogP contribution in [0.3, 0.4) is 0 Å². The van der Waals surface area contributed by atoms with Crippen molar-refractivity contribution >= 4 is 51.1 Å². The van der Waals surface area contributed by atoms with Crippen LogP contribution < -0.4 is 10.6 Å². The van der Waals surface area contributed by atoms with Crippen molar-refractivity contribution in [1.82, 2.24) is 10.2 Å². The van der Waals surface area contributed by atoms with Crippen molar-refractivity contribution in [1.29, 1.82) is 0 Å². The highest BCUT2D eigenvalue weighted by Crippen LogP contribution is 2.26. The van der Waals surface area contributed by atoms with Gasteiger partial charge in [0.25, 0.3) is 0 Å². The maximum Gasteiger partial charge on any atom is 0.328 e. The van der Waals surface area contributed by atoms with Gasteiger partial charge in [-0.25, -0.2) is 9.59 Å². The van der Waals surface area contributed by atoms with E-state index in [1.54, 1.807) is 18.2 Å². The number of hydrogen-bond donors (Lipinski definition) is 3. The summed E-state index contributed by atoms with van der Waals surface area (Å²) in [4.78, 5) is 35.7. The number of carboxylic acids is 1. The summed E-state index contributed by atoms with van der Waals surface area (Å²) in [5, 5.41) is 14.6. The van der Waals surface area contributed by atoms with E-state index in [9.17, 15) is 14.4 Å².